The number of anilines is 1. The third-order valence-electron chi connectivity index (χ3n) is 4.04. The Bertz CT molecular complexity index is 625. The van der Waals surface area contributed by atoms with Crippen molar-refractivity contribution in [2.24, 2.45) is 0 Å². The summed E-state index contributed by atoms with van der Waals surface area (Å²) in [5.41, 5.74) is 1.98. The first-order valence-electron chi connectivity index (χ1n) is 7.54. The molecule has 2 aromatic carbocycles. The molecule has 0 saturated carbocycles. The van der Waals surface area contributed by atoms with Gasteiger partial charge in [-0.15, -0.1) is 0 Å². The van der Waals surface area contributed by atoms with E-state index in [9.17, 15) is 4.79 Å². The highest BCUT2D eigenvalue weighted by molar-refractivity contribution is 5.89. The number of ether oxygens (including phenoxy) is 1. The smallest absolute Gasteiger partial charge is 0.322 e. The van der Waals surface area contributed by atoms with Crippen molar-refractivity contribution in [3.63, 3.8) is 0 Å². The van der Waals surface area contributed by atoms with Crippen LogP contribution in [0.2, 0.25) is 0 Å². The van der Waals surface area contributed by atoms with Crippen LogP contribution in [0.15, 0.2) is 54.6 Å². The molecule has 4 nitrogen and oxygen atoms in total. The van der Waals surface area contributed by atoms with E-state index in [1.165, 1.54) is 5.56 Å². The zero-order chi connectivity index (χ0) is 15.4. The van der Waals surface area contributed by atoms with Gasteiger partial charge in [0.05, 0.1) is 13.2 Å². The first kappa shape index (κ1) is 14.4. The summed E-state index contributed by atoms with van der Waals surface area (Å²) in [4.78, 5) is 14.5. The van der Waals surface area contributed by atoms with E-state index in [-0.39, 0.29) is 12.1 Å². The quantitative estimate of drug-likeness (QED) is 0.928. The number of urea groups is 1. The summed E-state index contributed by atoms with van der Waals surface area (Å²) in [5.74, 6) is 0.779. The van der Waals surface area contributed by atoms with E-state index in [0.29, 0.717) is 0 Å². The number of methoxy groups -OCH3 is 1. The van der Waals surface area contributed by atoms with Gasteiger partial charge in [-0.05, 0) is 42.7 Å². The zero-order valence-electron chi connectivity index (χ0n) is 12.7. The number of nitrogens with zero attached hydrogens (tertiary/aromatic N) is 1. The van der Waals surface area contributed by atoms with Gasteiger partial charge in [-0.25, -0.2) is 4.79 Å². The van der Waals surface area contributed by atoms with Crippen LogP contribution in [0.25, 0.3) is 0 Å². The van der Waals surface area contributed by atoms with Crippen LogP contribution in [-0.4, -0.2) is 24.6 Å². The average Bonchev–Trinajstić information content (AvgIpc) is 3.06. The normalized spacial score (nSPS) is 17.3. The molecule has 1 saturated heterocycles. The van der Waals surface area contributed by atoms with Gasteiger partial charge >= 0.3 is 6.03 Å². The number of rotatable bonds is 3. The van der Waals surface area contributed by atoms with Gasteiger partial charge in [0.25, 0.3) is 0 Å². The maximum Gasteiger partial charge on any atom is 0.322 e. The predicted molar refractivity (Wildman–Crippen MR) is 87.1 cm³/mol. The van der Waals surface area contributed by atoms with Gasteiger partial charge in [0.2, 0.25) is 0 Å². The van der Waals surface area contributed by atoms with Crippen LogP contribution < -0.4 is 10.1 Å². The third-order valence-corrected chi connectivity index (χ3v) is 4.04. The van der Waals surface area contributed by atoms with Crippen LogP contribution in [-0.2, 0) is 0 Å². The van der Waals surface area contributed by atoms with Crippen molar-refractivity contribution in [3.8, 4) is 5.75 Å². The molecule has 1 aliphatic rings. The highest BCUT2D eigenvalue weighted by atomic mass is 16.5. The Morgan fingerprint density at radius 2 is 1.86 bits per heavy atom. The maximum atomic E-state index is 12.5. The highest BCUT2D eigenvalue weighted by Crippen LogP contribution is 2.32. The molecule has 1 unspecified atom stereocenters. The summed E-state index contributed by atoms with van der Waals surface area (Å²) >= 11 is 0. The number of nitrogens with one attached hydrogen (secondary N) is 1. The van der Waals surface area contributed by atoms with Crippen molar-refractivity contribution >= 4 is 11.7 Å². The van der Waals surface area contributed by atoms with E-state index in [2.05, 4.69) is 17.4 Å². The number of carbonyl (C=O) groups is 1. The Kier molecular flexibility index (Phi) is 4.28. The van der Waals surface area contributed by atoms with Gasteiger partial charge in [-0.3, -0.25) is 0 Å². The van der Waals surface area contributed by atoms with Crippen molar-refractivity contribution in [2.45, 2.75) is 18.9 Å². The van der Waals surface area contributed by atoms with E-state index in [1.54, 1.807) is 7.11 Å². The minimum atomic E-state index is -0.0449. The average molecular weight is 296 g/mol. The Hall–Kier alpha value is -2.49. The molecule has 2 amide bonds. The fraction of sp³-hybridized carbons (Fsp3) is 0.278. The molecule has 1 heterocycles. The summed E-state index contributed by atoms with van der Waals surface area (Å²) in [6.45, 7) is 0.793. The second-order valence-electron chi connectivity index (χ2n) is 5.42. The maximum absolute atomic E-state index is 12.5. The first-order chi connectivity index (χ1) is 10.8. The minimum absolute atomic E-state index is 0.0449. The predicted octanol–water partition coefficient (Wildman–Crippen LogP) is 4.06. The van der Waals surface area contributed by atoms with Gasteiger partial charge in [-0.1, -0.05) is 30.3 Å². The molecule has 1 N–H and O–H groups in total. The Morgan fingerprint density at radius 3 is 2.55 bits per heavy atom. The molecule has 2 aromatic rings. The Morgan fingerprint density at radius 1 is 1.14 bits per heavy atom. The number of likely N-dealkylation sites (tertiary alicyclic amines) is 1. The van der Waals surface area contributed by atoms with Crippen LogP contribution in [0.4, 0.5) is 10.5 Å². The van der Waals surface area contributed by atoms with E-state index < -0.39 is 0 Å². The number of hydrogen-bond acceptors (Lipinski definition) is 2. The van der Waals surface area contributed by atoms with Crippen molar-refractivity contribution < 1.29 is 9.53 Å². The molecule has 0 bridgehead atoms. The highest BCUT2D eigenvalue weighted by Gasteiger charge is 2.29. The molecule has 0 aromatic heterocycles. The van der Waals surface area contributed by atoms with Gasteiger partial charge in [0.15, 0.2) is 0 Å². The Labute approximate surface area is 130 Å². The molecule has 1 atom stereocenters. The van der Waals surface area contributed by atoms with Crippen LogP contribution in [0, 0.1) is 0 Å². The molecule has 1 aliphatic heterocycles. The minimum Gasteiger partial charge on any atom is -0.497 e. The van der Waals surface area contributed by atoms with Gasteiger partial charge < -0.3 is 15.0 Å². The number of amides is 2. The lowest BCUT2D eigenvalue weighted by Crippen LogP contribution is -2.34. The largest absolute Gasteiger partial charge is 0.497 e. The van der Waals surface area contributed by atoms with Crippen molar-refractivity contribution in [1.29, 1.82) is 0 Å². The van der Waals surface area contributed by atoms with Crippen LogP contribution >= 0.6 is 0 Å². The third kappa shape index (κ3) is 3.06. The fourth-order valence-corrected chi connectivity index (χ4v) is 2.90. The van der Waals surface area contributed by atoms with Crippen molar-refractivity contribution in [3.05, 3.63) is 60.2 Å². The van der Waals surface area contributed by atoms with Crippen LogP contribution in [0.1, 0.15) is 24.4 Å². The van der Waals surface area contributed by atoms with Crippen molar-refractivity contribution in [1.82, 2.24) is 4.90 Å². The Balaban J connectivity index is 1.70. The second-order valence-corrected chi connectivity index (χ2v) is 5.42. The SMILES string of the molecule is COc1ccc(NC(=O)N2CCCC2c2ccccc2)cc1. The lowest BCUT2D eigenvalue weighted by molar-refractivity contribution is 0.207. The summed E-state index contributed by atoms with van der Waals surface area (Å²) in [5, 5.41) is 2.97. The van der Waals surface area contributed by atoms with Gasteiger partial charge in [0, 0.05) is 12.2 Å². The van der Waals surface area contributed by atoms with Crippen LogP contribution in [0.3, 0.4) is 0 Å². The standard InChI is InChI=1S/C18H20N2O2/c1-22-16-11-9-15(10-12-16)19-18(21)20-13-5-8-17(20)14-6-3-2-4-7-14/h2-4,6-7,9-12,17H,5,8,13H2,1H3,(H,19,21). The van der Waals surface area contributed by atoms with Crippen LogP contribution in [0.5, 0.6) is 5.75 Å². The molecule has 114 valence electrons. The molecule has 3 rings (SSSR count). The van der Waals surface area contributed by atoms with E-state index in [0.717, 1.165) is 30.8 Å². The molecular formula is C18H20N2O2. The van der Waals surface area contributed by atoms with Gasteiger partial charge in [0.1, 0.15) is 5.75 Å². The summed E-state index contributed by atoms with van der Waals surface area (Å²) < 4.78 is 5.13. The van der Waals surface area contributed by atoms with E-state index in [4.69, 9.17) is 4.74 Å². The summed E-state index contributed by atoms with van der Waals surface area (Å²) in [6, 6.07) is 17.7. The molecule has 0 spiro atoms. The first-order valence-corrected chi connectivity index (χ1v) is 7.54. The summed E-state index contributed by atoms with van der Waals surface area (Å²) in [6.07, 6.45) is 2.05. The van der Waals surface area contributed by atoms with E-state index in [1.807, 2.05) is 47.4 Å². The number of hydrogen-bond donors (Lipinski definition) is 1. The van der Waals surface area contributed by atoms with Crippen molar-refractivity contribution in [2.75, 3.05) is 19.0 Å². The topological polar surface area (TPSA) is 41.6 Å². The fourth-order valence-electron chi connectivity index (χ4n) is 2.90. The lowest BCUT2D eigenvalue weighted by atomic mass is 10.1. The monoisotopic (exact) mass is 296 g/mol. The zero-order valence-corrected chi connectivity index (χ0v) is 12.7. The lowest BCUT2D eigenvalue weighted by Gasteiger charge is -2.25. The molecule has 0 aliphatic carbocycles. The molecule has 4 heteroatoms. The molecule has 1 fully saturated rings. The number of benzene rings is 2. The van der Waals surface area contributed by atoms with E-state index >= 15 is 0 Å². The number of carbonyl (C=O) groups excluding carboxylic acids is 1. The molecule has 0 radical (unpaired) electrons. The molecular weight excluding hydrogens is 276 g/mol. The summed E-state index contributed by atoms with van der Waals surface area (Å²) in [7, 11) is 1.63. The van der Waals surface area contributed by atoms with Gasteiger partial charge in [-0.2, -0.15) is 0 Å². The molecule has 22 heavy (non-hydrogen) atoms. The second kappa shape index (κ2) is 6.52.